The van der Waals surface area contributed by atoms with E-state index in [0.717, 1.165) is 0 Å². The largest absolute Gasteiger partial charge is 0.493 e. The van der Waals surface area contributed by atoms with Crippen molar-refractivity contribution in [2.24, 2.45) is 0 Å². The number of hydrogen-bond acceptors (Lipinski definition) is 8. The number of benzene rings is 1. The highest BCUT2D eigenvalue weighted by molar-refractivity contribution is 7.99. The summed E-state index contributed by atoms with van der Waals surface area (Å²) in [6, 6.07) is 3.24. The zero-order chi connectivity index (χ0) is 19.7. The average molecular weight is 392 g/mol. The smallest absolute Gasteiger partial charge is 0.343 e. The Morgan fingerprint density at radius 1 is 1.26 bits per heavy atom. The number of cyclic esters (lactones) is 1. The summed E-state index contributed by atoms with van der Waals surface area (Å²) in [5.41, 5.74) is 0.0825. The van der Waals surface area contributed by atoms with Crippen molar-refractivity contribution >= 4 is 17.7 Å². The first kappa shape index (κ1) is 19.1. The molecule has 0 saturated carbocycles. The Morgan fingerprint density at radius 3 is 2.59 bits per heavy atom. The highest BCUT2D eigenvalue weighted by Crippen LogP contribution is 2.44. The molecule has 0 aliphatic carbocycles. The Morgan fingerprint density at radius 2 is 2.00 bits per heavy atom. The molecule has 3 rings (SSSR count). The van der Waals surface area contributed by atoms with Gasteiger partial charge >= 0.3 is 5.97 Å². The number of nitrogens with zero attached hydrogens (tertiary/aromatic N) is 2. The van der Waals surface area contributed by atoms with Crippen LogP contribution in [-0.4, -0.2) is 40.6 Å². The van der Waals surface area contributed by atoms with Crippen molar-refractivity contribution in [2.45, 2.75) is 31.7 Å². The van der Waals surface area contributed by atoms with Gasteiger partial charge in [0.1, 0.15) is 11.1 Å². The summed E-state index contributed by atoms with van der Waals surface area (Å²) in [5, 5.41) is 10.9. The molecule has 0 fully saturated rings. The van der Waals surface area contributed by atoms with Gasteiger partial charge in [0.25, 0.3) is 5.56 Å². The fourth-order valence-electron chi connectivity index (χ4n) is 3.10. The second-order valence-electron chi connectivity index (χ2n) is 5.66. The number of esters is 1. The van der Waals surface area contributed by atoms with Crippen molar-refractivity contribution in [3.05, 3.63) is 39.2 Å². The van der Waals surface area contributed by atoms with Crippen molar-refractivity contribution in [1.29, 1.82) is 0 Å². The van der Waals surface area contributed by atoms with Crippen LogP contribution in [0.15, 0.2) is 22.1 Å². The van der Waals surface area contributed by atoms with Gasteiger partial charge in [0.05, 0.1) is 14.2 Å². The van der Waals surface area contributed by atoms with Gasteiger partial charge in [0.2, 0.25) is 5.88 Å². The molecule has 144 valence electrons. The van der Waals surface area contributed by atoms with Gasteiger partial charge in [0, 0.05) is 12.1 Å². The molecule has 0 bridgehead atoms. The third-order valence-corrected chi connectivity index (χ3v) is 5.15. The molecule has 0 radical (unpaired) electrons. The van der Waals surface area contributed by atoms with Crippen LogP contribution in [0.3, 0.4) is 0 Å². The molecule has 0 unspecified atom stereocenters. The lowest BCUT2D eigenvalue weighted by Gasteiger charge is -2.16. The molecular formula is C18H20N2O6S. The van der Waals surface area contributed by atoms with Crippen LogP contribution in [0.4, 0.5) is 0 Å². The van der Waals surface area contributed by atoms with Crippen molar-refractivity contribution < 1.29 is 24.1 Å². The predicted octanol–water partition coefficient (Wildman–Crippen LogP) is 2.36. The van der Waals surface area contributed by atoms with E-state index >= 15 is 0 Å². The minimum Gasteiger partial charge on any atom is -0.493 e. The molecular weight excluding hydrogens is 372 g/mol. The highest BCUT2D eigenvalue weighted by atomic mass is 32.2. The maximum atomic E-state index is 13.0. The van der Waals surface area contributed by atoms with Crippen LogP contribution in [-0.2, 0) is 11.3 Å². The third kappa shape index (κ3) is 3.01. The SMILES string of the molecule is CCSc1nc(O)c([C@H]2OC(=O)c3c2ccc(OC)c3OC)c(=O)n1CC. The molecule has 1 aliphatic rings. The van der Waals surface area contributed by atoms with Crippen LogP contribution in [0.2, 0.25) is 0 Å². The first-order chi connectivity index (χ1) is 13.0. The number of carbonyl (C=O) groups excluding carboxylic acids is 1. The van der Waals surface area contributed by atoms with Crippen molar-refractivity contribution in [3.8, 4) is 17.4 Å². The summed E-state index contributed by atoms with van der Waals surface area (Å²) in [7, 11) is 2.88. The molecule has 1 aromatic heterocycles. The molecule has 0 spiro atoms. The third-order valence-electron chi connectivity index (χ3n) is 4.29. The second-order valence-corrected chi connectivity index (χ2v) is 6.90. The number of rotatable bonds is 6. The van der Waals surface area contributed by atoms with E-state index in [2.05, 4.69) is 4.98 Å². The Labute approximate surface area is 160 Å². The molecule has 2 heterocycles. The van der Waals surface area contributed by atoms with E-state index in [1.807, 2.05) is 13.8 Å². The topological polar surface area (TPSA) is 99.9 Å². The van der Waals surface area contributed by atoms with Crippen LogP contribution in [0.25, 0.3) is 0 Å². The van der Waals surface area contributed by atoms with Crippen LogP contribution in [0.1, 0.15) is 41.4 Å². The van der Waals surface area contributed by atoms with Gasteiger partial charge in [-0.3, -0.25) is 9.36 Å². The maximum Gasteiger partial charge on any atom is 0.343 e. The van der Waals surface area contributed by atoms with E-state index in [9.17, 15) is 14.7 Å². The molecule has 9 heteroatoms. The Balaban J connectivity index is 2.22. The predicted molar refractivity (Wildman–Crippen MR) is 99.0 cm³/mol. The summed E-state index contributed by atoms with van der Waals surface area (Å²) in [5.74, 6) is 0.199. The van der Waals surface area contributed by atoms with E-state index in [1.54, 1.807) is 12.1 Å². The van der Waals surface area contributed by atoms with E-state index in [1.165, 1.54) is 30.5 Å². The van der Waals surface area contributed by atoms with Crippen molar-refractivity contribution in [1.82, 2.24) is 9.55 Å². The van der Waals surface area contributed by atoms with Crippen molar-refractivity contribution in [2.75, 3.05) is 20.0 Å². The van der Waals surface area contributed by atoms with Gasteiger partial charge in [-0.2, -0.15) is 4.98 Å². The van der Waals surface area contributed by atoms with Gasteiger partial charge in [0.15, 0.2) is 22.8 Å². The first-order valence-corrected chi connectivity index (χ1v) is 9.39. The van der Waals surface area contributed by atoms with E-state index in [0.29, 0.717) is 28.8 Å². The molecule has 1 N–H and O–H groups in total. The van der Waals surface area contributed by atoms with Crippen LogP contribution >= 0.6 is 11.8 Å². The van der Waals surface area contributed by atoms with Gasteiger partial charge < -0.3 is 19.3 Å². The molecule has 27 heavy (non-hydrogen) atoms. The number of aromatic hydroxyl groups is 1. The molecule has 0 saturated heterocycles. The van der Waals surface area contributed by atoms with Crippen LogP contribution < -0.4 is 15.0 Å². The van der Waals surface area contributed by atoms with Crippen molar-refractivity contribution in [3.63, 3.8) is 0 Å². The minimum atomic E-state index is -1.06. The lowest BCUT2D eigenvalue weighted by Crippen LogP contribution is -2.28. The Kier molecular flexibility index (Phi) is 5.31. The number of aromatic nitrogens is 2. The minimum absolute atomic E-state index is 0.0726. The molecule has 8 nitrogen and oxygen atoms in total. The average Bonchev–Trinajstić information content (AvgIpc) is 2.98. The quantitative estimate of drug-likeness (QED) is 0.454. The lowest BCUT2D eigenvalue weighted by atomic mass is 9.99. The zero-order valence-electron chi connectivity index (χ0n) is 15.4. The summed E-state index contributed by atoms with van der Waals surface area (Å²) in [4.78, 5) is 29.6. The van der Waals surface area contributed by atoms with E-state index in [-0.39, 0.29) is 16.9 Å². The van der Waals surface area contributed by atoms with Crippen LogP contribution in [0, 0.1) is 0 Å². The fourth-order valence-corrected chi connectivity index (χ4v) is 3.88. The van der Waals surface area contributed by atoms with Gasteiger partial charge in [-0.05, 0) is 18.7 Å². The summed E-state index contributed by atoms with van der Waals surface area (Å²) in [6.45, 7) is 4.11. The second kappa shape index (κ2) is 7.51. The number of hydrogen-bond donors (Lipinski definition) is 1. The Bertz CT molecular complexity index is 956. The van der Waals surface area contributed by atoms with E-state index < -0.39 is 23.5 Å². The number of fused-ring (bicyclic) bond motifs is 1. The normalized spacial score (nSPS) is 15.4. The van der Waals surface area contributed by atoms with Gasteiger partial charge in [-0.1, -0.05) is 24.8 Å². The van der Waals surface area contributed by atoms with E-state index in [4.69, 9.17) is 14.2 Å². The molecule has 0 amide bonds. The molecule has 1 aliphatic heterocycles. The number of thioether (sulfide) groups is 1. The number of carbonyl (C=O) groups is 1. The number of ether oxygens (including phenoxy) is 3. The summed E-state index contributed by atoms with van der Waals surface area (Å²) < 4.78 is 17.4. The fraction of sp³-hybridized carbons (Fsp3) is 0.389. The standard InChI is InChI=1S/C18H20N2O6S/c1-5-20-16(22)12(15(21)19-18(20)27-6-2)13-9-7-8-10(24-3)14(25-4)11(9)17(23)26-13/h7-8,13,21H,5-6H2,1-4H3/t13-/m0/s1. The molecule has 2 aromatic rings. The monoisotopic (exact) mass is 392 g/mol. The van der Waals surface area contributed by atoms with Gasteiger partial charge in [-0.25, -0.2) is 4.79 Å². The molecule has 1 atom stereocenters. The zero-order valence-corrected chi connectivity index (χ0v) is 16.3. The highest BCUT2D eigenvalue weighted by Gasteiger charge is 2.40. The first-order valence-electron chi connectivity index (χ1n) is 8.40. The van der Waals surface area contributed by atoms with Crippen LogP contribution in [0.5, 0.6) is 17.4 Å². The maximum absolute atomic E-state index is 13.0. The Hall–Kier alpha value is -2.68. The lowest BCUT2D eigenvalue weighted by molar-refractivity contribution is 0.0446. The van der Waals surface area contributed by atoms with Gasteiger partial charge in [-0.15, -0.1) is 0 Å². The number of methoxy groups -OCH3 is 2. The molecule has 1 aromatic carbocycles. The summed E-state index contributed by atoms with van der Waals surface area (Å²) >= 11 is 1.35. The summed E-state index contributed by atoms with van der Waals surface area (Å²) in [6.07, 6.45) is -1.06.